The zero-order valence-electron chi connectivity index (χ0n) is 18.5. The average molecular weight is 534 g/mol. The molecule has 1 aromatic heterocycles. The molecule has 0 aliphatic rings. The zero-order valence-corrected chi connectivity index (χ0v) is 20.1. The summed E-state index contributed by atoms with van der Waals surface area (Å²) in [6.45, 7) is -1.52. The Morgan fingerprint density at radius 3 is 2.33 bits per heavy atom. The van der Waals surface area contributed by atoms with Gasteiger partial charge in [-0.2, -0.15) is 13.2 Å². The van der Waals surface area contributed by atoms with Crippen LogP contribution in [0, 0.1) is 0 Å². The van der Waals surface area contributed by atoms with Crippen LogP contribution in [0.4, 0.5) is 13.2 Å². The quantitative estimate of drug-likeness (QED) is 0.317. The predicted molar refractivity (Wildman–Crippen MR) is 132 cm³/mol. The van der Waals surface area contributed by atoms with E-state index in [-0.39, 0.29) is 17.3 Å². The Hall–Kier alpha value is -3.63. The predicted octanol–water partition coefficient (Wildman–Crippen LogP) is 5.26. The minimum absolute atomic E-state index is 0.174. The molecule has 0 saturated carbocycles. The number of thiol groups is 1. The number of carbonyl (C=O) groups excluding carboxylic acids is 1. The molecule has 186 valence electrons. The molecule has 1 N–H and O–H groups in total. The van der Waals surface area contributed by atoms with Crippen LogP contribution in [0.3, 0.4) is 0 Å². The molecule has 4 aromatic rings. The lowest BCUT2D eigenvalue weighted by Gasteiger charge is -2.14. The SMILES string of the molecule is O=C(NCC(F)(F)F)c1cn(-c2ccc(-c3ccccc3)cc2C[SH](=O)=O)c(-c2ccccc2Cl)n1. The molecular weight excluding hydrogens is 515 g/mol. The van der Waals surface area contributed by atoms with Crippen LogP contribution in [-0.4, -0.2) is 36.6 Å². The van der Waals surface area contributed by atoms with Crippen molar-refractivity contribution in [3.8, 4) is 28.2 Å². The molecule has 6 nitrogen and oxygen atoms in total. The number of aromatic nitrogens is 2. The molecule has 1 heterocycles. The van der Waals surface area contributed by atoms with Crippen LogP contribution < -0.4 is 5.32 Å². The largest absolute Gasteiger partial charge is 0.405 e. The van der Waals surface area contributed by atoms with Crippen molar-refractivity contribution < 1.29 is 26.4 Å². The van der Waals surface area contributed by atoms with Crippen LogP contribution in [-0.2, 0) is 16.5 Å². The van der Waals surface area contributed by atoms with Crippen molar-refractivity contribution in [2.45, 2.75) is 11.9 Å². The summed E-state index contributed by atoms with van der Waals surface area (Å²) in [4.78, 5) is 16.8. The van der Waals surface area contributed by atoms with Crippen molar-refractivity contribution in [1.82, 2.24) is 14.9 Å². The zero-order chi connectivity index (χ0) is 25.9. The van der Waals surface area contributed by atoms with Gasteiger partial charge in [0.05, 0.1) is 16.5 Å². The second kappa shape index (κ2) is 10.5. The average Bonchev–Trinajstić information content (AvgIpc) is 3.27. The number of halogens is 4. The second-order valence-electron chi connectivity index (χ2n) is 7.80. The van der Waals surface area contributed by atoms with E-state index in [4.69, 9.17) is 11.6 Å². The molecule has 0 aliphatic heterocycles. The Kier molecular flexibility index (Phi) is 7.46. The lowest BCUT2D eigenvalue weighted by Crippen LogP contribution is -2.33. The monoisotopic (exact) mass is 533 g/mol. The lowest BCUT2D eigenvalue weighted by atomic mass is 10.0. The summed E-state index contributed by atoms with van der Waals surface area (Å²) in [5.41, 5.74) is 2.59. The highest BCUT2D eigenvalue weighted by Gasteiger charge is 2.29. The van der Waals surface area contributed by atoms with Gasteiger partial charge in [-0.3, -0.25) is 9.36 Å². The number of amides is 1. The molecule has 0 spiro atoms. The Morgan fingerprint density at radius 2 is 1.67 bits per heavy atom. The summed E-state index contributed by atoms with van der Waals surface area (Å²) in [5.74, 6) is -1.16. The summed E-state index contributed by atoms with van der Waals surface area (Å²) in [7, 11) is -2.82. The van der Waals surface area contributed by atoms with Crippen molar-refractivity contribution in [3.05, 3.63) is 95.3 Å². The van der Waals surface area contributed by atoms with Crippen LogP contribution in [0.2, 0.25) is 5.02 Å². The maximum atomic E-state index is 12.6. The van der Waals surface area contributed by atoms with Gasteiger partial charge in [0.2, 0.25) is 0 Å². The molecule has 0 radical (unpaired) electrons. The van der Waals surface area contributed by atoms with E-state index in [1.807, 2.05) is 30.3 Å². The molecule has 36 heavy (non-hydrogen) atoms. The van der Waals surface area contributed by atoms with Gasteiger partial charge in [0.25, 0.3) is 5.91 Å². The first-order valence-electron chi connectivity index (χ1n) is 10.6. The molecular formula is C25H19ClF3N3O3S. The van der Waals surface area contributed by atoms with E-state index in [1.165, 1.54) is 10.8 Å². The van der Waals surface area contributed by atoms with Gasteiger partial charge in [-0.05, 0) is 41.0 Å². The van der Waals surface area contributed by atoms with Gasteiger partial charge in [-0.1, -0.05) is 60.1 Å². The molecule has 1 amide bonds. The fraction of sp³-hybridized carbons (Fsp3) is 0.120. The molecule has 0 fully saturated rings. The van der Waals surface area contributed by atoms with Gasteiger partial charge in [0.15, 0.2) is 0 Å². The Morgan fingerprint density at radius 1 is 0.972 bits per heavy atom. The van der Waals surface area contributed by atoms with Gasteiger partial charge in [0, 0.05) is 11.8 Å². The highest BCUT2D eigenvalue weighted by Crippen LogP contribution is 2.32. The lowest BCUT2D eigenvalue weighted by molar-refractivity contribution is -0.123. The molecule has 0 atom stereocenters. The van der Waals surface area contributed by atoms with Crippen LogP contribution in [0.15, 0.2) is 79.0 Å². The number of benzene rings is 3. The van der Waals surface area contributed by atoms with Crippen molar-refractivity contribution in [1.29, 1.82) is 0 Å². The first-order valence-corrected chi connectivity index (χ1v) is 12.4. The van der Waals surface area contributed by atoms with E-state index in [0.717, 1.165) is 11.1 Å². The van der Waals surface area contributed by atoms with Crippen molar-refractivity contribution in [2.24, 2.45) is 0 Å². The summed E-state index contributed by atoms with van der Waals surface area (Å²) >= 11 is 6.36. The number of carbonyl (C=O) groups is 1. The summed E-state index contributed by atoms with van der Waals surface area (Å²) in [6, 6.07) is 21.1. The van der Waals surface area contributed by atoms with Crippen LogP contribution in [0.25, 0.3) is 28.2 Å². The fourth-order valence-electron chi connectivity index (χ4n) is 3.67. The second-order valence-corrected chi connectivity index (χ2v) is 9.19. The van der Waals surface area contributed by atoms with Crippen molar-refractivity contribution >= 4 is 28.2 Å². The van der Waals surface area contributed by atoms with Crippen LogP contribution >= 0.6 is 11.6 Å². The fourth-order valence-corrected chi connectivity index (χ4v) is 4.43. The van der Waals surface area contributed by atoms with Crippen LogP contribution in [0.5, 0.6) is 0 Å². The van der Waals surface area contributed by atoms with E-state index in [1.54, 1.807) is 47.8 Å². The van der Waals surface area contributed by atoms with E-state index in [2.05, 4.69) is 4.98 Å². The summed E-state index contributed by atoms with van der Waals surface area (Å²) < 4.78 is 62.8. The third kappa shape index (κ3) is 5.95. The van der Waals surface area contributed by atoms with Gasteiger partial charge in [0.1, 0.15) is 28.8 Å². The molecule has 4 rings (SSSR count). The normalized spacial score (nSPS) is 11.6. The maximum Gasteiger partial charge on any atom is 0.405 e. The van der Waals surface area contributed by atoms with E-state index in [0.29, 0.717) is 21.8 Å². The molecule has 0 bridgehead atoms. The number of nitrogens with zero attached hydrogens (tertiary/aromatic N) is 2. The Bertz CT molecular complexity index is 1480. The van der Waals surface area contributed by atoms with Crippen molar-refractivity contribution in [2.75, 3.05) is 6.54 Å². The first kappa shape index (κ1) is 25.5. The third-order valence-electron chi connectivity index (χ3n) is 5.25. The minimum Gasteiger partial charge on any atom is -0.342 e. The van der Waals surface area contributed by atoms with Gasteiger partial charge < -0.3 is 5.32 Å². The number of rotatable bonds is 7. The van der Waals surface area contributed by atoms with Crippen molar-refractivity contribution in [3.63, 3.8) is 0 Å². The third-order valence-corrected chi connectivity index (χ3v) is 6.18. The van der Waals surface area contributed by atoms with Gasteiger partial charge in [-0.25, -0.2) is 13.4 Å². The maximum absolute atomic E-state index is 12.6. The number of hydrogen-bond acceptors (Lipinski definition) is 4. The molecule has 3 aromatic carbocycles. The summed E-state index contributed by atoms with van der Waals surface area (Å²) in [6.07, 6.45) is -3.33. The number of alkyl halides is 3. The molecule has 0 aliphatic carbocycles. The Labute approximate surface area is 211 Å². The highest BCUT2D eigenvalue weighted by molar-refractivity contribution is 7.71. The molecule has 0 saturated heterocycles. The number of hydrogen-bond donors (Lipinski definition) is 2. The highest BCUT2D eigenvalue weighted by atomic mass is 35.5. The van der Waals surface area contributed by atoms with Gasteiger partial charge in [-0.15, -0.1) is 0 Å². The minimum atomic E-state index is -4.59. The molecule has 0 unspecified atom stereocenters. The number of imidazole rings is 1. The summed E-state index contributed by atoms with van der Waals surface area (Å²) in [5, 5.41) is 2.10. The van der Waals surface area contributed by atoms with E-state index >= 15 is 0 Å². The van der Waals surface area contributed by atoms with E-state index < -0.39 is 29.3 Å². The number of nitrogens with one attached hydrogen (secondary N) is 1. The van der Waals surface area contributed by atoms with E-state index in [9.17, 15) is 26.4 Å². The smallest absolute Gasteiger partial charge is 0.342 e. The topological polar surface area (TPSA) is 81.1 Å². The van der Waals surface area contributed by atoms with Gasteiger partial charge >= 0.3 is 6.18 Å². The Balaban J connectivity index is 1.87. The first-order chi connectivity index (χ1) is 17.1. The standard InChI is InChI=1S/C25H19ClF3N3O3S/c26-20-9-5-4-8-19(20)23-31-21(24(33)30-15-25(27,28)29)13-32(23)22-11-10-17(12-18(22)14-36(34)35)16-6-2-1-3-7-16/h1-13,36H,14-15H2,(H,30,33). The molecule has 11 heteroatoms. The van der Waals surface area contributed by atoms with Crippen LogP contribution in [0.1, 0.15) is 16.1 Å².